The van der Waals surface area contributed by atoms with Crippen molar-refractivity contribution in [1.82, 2.24) is 15.2 Å². The van der Waals surface area contributed by atoms with Crippen LogP contribution in [0.25, 0.3) is 0 Å². The number of aromatic nitrogens is 1. The van der Waals surface area contributed by atoms with E-state index in [9.17, 15) is 4.79 Å². The second-order valence-electron chi connectivity index (χ2n) is 5.08. The Morgan fingerprint density at radius 2 is 2.10 bits per heavy atom. The minimum Gasteiger partial charge on any atom is -0.345 e. The van der Waals surface area contributed by atoms with Gasteiger partial charge in [0.25, 0.3) is 0 Å². The number of carbonyl (C=O) groups is 1. The summed E-state index contributed by atoms with van der Waals surface area (Å²) < 4.78 is 0. The maximum atomic E-state index is 12.0. The van der Waals surface area contributed by atoms with Crippen molar-refractivity contribution < 1.29 is 4.79 Å². The summed E-state index contributed by atoms with van der Waals surface area (Å²) in [4.78, 5) is 20.5. The quantitative estimate of drug-likeness (QED) is 0.821. The Morgan fingerprint density at radius 3 is 2.75 bits per heavy atom. The number of unbranched alkanes of at least 4 members (excludes halogenated alkanes) is 3. The standard InChI is InChI=1S/C14H24N4OS/c1-2-3-4-5-6-15-13(19)17-8-10-18(11-9-17)14-16-7-12-20-14/h7,12H,2-6,8-11H2,1H3,(H,15,19). The van der Waals surface area contributed by atoms with Crippen molar-refractivity contribution in [3.63, 3.8) is 0 Å². The molecule has 0 bridgehead atoms. The Balaban J connectivity index is 1.64. The Bertz CT molecular complexity index is 388. The van der Waals surface area contributed by atoms with Gasteiger partial charge in [-0.25, -0.2) is 9.78 Å². The molecule has 0 atom stereocenters. The van der Waals surface area contributed by atoms with E-state index in [2.05, 4.69) is 22.1 Å². The van der Waals surface area contributed by atoms with Crippen LogP contribution in [0.2, 0.25) is 0 Å². The fourth-order valence-corrected chi connectivity index (χ4v) is 3.03. The molecule has 6 heteroatoms. The summed E-state index contributed by atoms with van der Waals surface area (Å²) >= 11 is 1.66. The maximum Gasteiger partial charge on any atom is 0.317 e. The molecule has 0 unspecified atom stereocenters. The van der Waals surface area contributed by atoms with E-state index >= 15 is 0 Å². The van der Waals surface area contributed by atoms with E-state index in [-0.39, 0.29) is 6.03 Å². The van der Waals surface area contributed by atoms with Crippen LogP contribution in [0.4, 0.5) is 9.93 Å². The zero-order valence-electron chi connectivity index (χ0n) is 12.2. The molecule has 0 spiro atoms. The highest BCUT2D eigenvalue weighted by atomic mass is 32.1. The lowest BCUT2D eigenvalue weighted by Crippen LogP contribution is -2.52. The molecule has 0 aliphatic carbocycles. The number of carbonyl (C=O) groups excluding carboxylic acids is 1. The van der Waals surface area contributed by atoms with Gasteiger partial charge in [0.05, 0.1) is 0 Å². The van der Waals surface area contributed by atoms with Crippen molar-refractivity contribution in [1.29, 1.82) is 0 Å². The minimum atomic E-state index is 0.0836. The molecular weight excluding hydrogens is 272 g/mol. The van der Waals surface area contributed by atoms with E-state index in [0.29, 0.717) is 0 Å². The second-order valence-corrected chi connectivity index (χ2v) is 5.95. The van der Waals surface area contributed by atoms with Gasteiger partial charge >= 0.3 is 6.03 Å². The van der Waals surface area contributed by atoms with Crippen molar-refractivity contribution in [2.75, 3.05) is 37.6 Å². The average Bonchev–Trinajstić information content (AvgIpc) is 3.01. The molecule has 2 rings (SSSR count). The van der Waals surface area contributed by atoms with Gasteiger partial charge in [0.15, 0.2) is 5.13 Å². The minimum absolute atomic E-state index is 0.0836. The highest BCUT2D eigenvalue weighted by Crippen LogP contribution is 2.18. The zero-order chi connectivity index (χ0) is 14.2. The number of amides is 2. The molecule has 1 fully saturated rings. The Hall–Kier alpha value is -1.30. The number of thiazole rings is 1. The molecule has 1 saturated heterocycles. The van der Waals surface area contributed by atoms with E-state index < -0.39 is 0 Å². The molecule has 112 valence electrons. The average molecular weight is 296 g/mol. The van der Waals surface area contributed by atoms with Crippen molar-refractivity contribution in [2.45, 2.75) is 32.6 Å². The van der Waals surface area contributed by atoms with E-state index in [1.165, 1.54) is 19.3 Å². The molecule has 2 amide bonds. The Labute approximate surface area is 125 Å². The first-order valence-electron chi connectivity index (χ1n) is 7.48. The van der Waals surface area contributed by atoms with Crippen LogP contribution in [0, 0.1) is 0 Å². The first kappa shape index (κ1) is 15.1. The Morgan fingerprint density at radius 1 is 1.30 bits per heavy atom. The lowest BCUT2D eigenvalue weighted by Gasteiger charge is -2.34. The van der Waals surface area contributed by atoms with Crippen LogP contribution in [0.1, 0.15) is 32.6 Å². The van der Waals surface area contributed by atoms with Gasteiger partial charge in [0.1, 0.15) is 0 Å². The van der Waals surface area contributed by atoms with E-state index in [0.717, 1.165) is 44.3 Å². The number of rotatable bonds is 6. The van der Waals surface area contributed by atoms with Gasteiger partial charge in [0, 0.05) is 44.3 Å². The predicted molar refractivity (Wildman–Crippen MR) is 83.4 cm³/mol. The van der Waals surface area contributed by atoms with Crippen molar-refractivity contribution in [3.8, 4) is 0 Å². The molecule has 5 nitrogen and oxygen atoms in total. The molecule has 0 radical (unpaired) electrons. The van der Waals surface area contributed by atoms with Crippen LogP contribution >= 0.6 is 11.3 Å². The van der Waals surface area contributed by atoms with Gasteiger partial charge < -0.3 is 15.1 Å². The van der Waals surface area contributed by atoms with Gasteiger partial charge in [-0.15, -0.1) is 11.3 Å². The summed E-state index contributed by atoms with van der Waals surface area (Å²) in [6.45, 7) is 6.29. The van der Waals surface area contributed by atoms with Gasteiger partial charge in [-0.1, -0.05) is 26.2 Å². The van der Waals surface area contributed by atoms with Gasteiger partial charge in [-0.05, 0) is 6.42 Å². The Kier molecular flexibility index (Phi) is 6.11. The zero-order valence-corrected chi connectivity index (χ0v) is 13.0. The smallest absolute Gasteiger partial charge is 0.317 e. The number of anilines is 1. The van der Waals surface area contributed by atoms with Crippen LogP contribution in [-0.2, 0) is 0 Å². The van der Waals surface area contributed by atoms with Crippen molar-refractivity contribution in [3.05, 3.63) is 11.6 Å². The highest BCUT2D eigenvalue weighted by Gasteiger charge is 2.21. The fraction of sp³-hybridized carbons (Fsp3) is 0.714. The summed E-state index contributed by atoms with van der Waals surface area (Å²) in [6.07, 6.45) is 6.59. The summed E-state index contributed by atoms with van der Waals surface area (Å²) in [6, 6.07) is 0.0836. The highest BCUT2D eigenvalue weighted by molar-refractivity contribution is 7.13. The molecule has 1 aromatic rings. The molecule has 0 aromatic carbocycles. The third-order valence-electron chi connectivity index (χ3n) is 3.56. The molecule has 1 aliphatic rings. The second kappa shape index (κ2) is 8.09. The van der Waals surface area contributed by atoms with Crippen LogP contribution in [0.5, 0.6) is 0 Å². The van der Waals surface area contributed by atoms with E-state index in [1.54, 1.807) is 11.3 Å². The first-order valence-corrected chi connectivity index (χ1v) is 8.36. The number of hydrogen-bond donors (Lipinski definition) is 1. The molecule has 2 heterocycles. The predicted octanol–water partition coefficient (Wildman–Crippen LogP) is 2.56. The molecule has 1 aliphatic heterocycles. The largest absolute Gasteiger partial charge is 0.345 e. The summed E-state index contributed by atoms with van der Waals surface area (Å²) in [5.41, 5.74) is 0. The third-order valence-corrected chi connectivity index (χ3v) is 4.40. The third kappa shape index (κ3) is 4.37. The first-order chi connectivity index (χ1) is 9.81. The number of nitrogens with one attached hydrogen (secondary N) is 1. The molecule has 0 saturated carbocycles. The van der Waals surface area contributed by atoms with Crippen LogP contribution in [0.3, 0.4) is 0 Å². The van der Waals surface area contributed by atoms with Gasteiger partial charge in [-0.2, -0.15) is 0 Å². The lowest BCUT2D eigenvalue weighted by atomic mass is 10.2. The summed E-state index contributed by atoms with van der Waals surface area (Å²) in [7, 11) is 0. The number of nitrogens with zero attached hydrogens (tertiary/aromatic N) is 3. The number of hydrogen-bond acceptors (Lipinski definition) is 4. The molecule has 20 heavy (non-hydrogen) atoms. The fourth-order valence-electron chi connectivity index (χ4n) is 2.33. The number of piperazine rings is 1. The monoisotopic (exact) mass is 296 g/mol. The van der Waals surface area contributed by atoms with Crippen LogP contribution in [-0.4, -0.2) is 48.6 Å². The van der Waals surface area contributed by atoms with E-state index in [1.807, 2.05) is 16.5 Å². The summed E-state index contributed by atoms with van der Waals surface area (Å²) in [5.74, 6) is 0. The van der Waals surface area contributed by atoms with Crippen molar-refractivity contribution >= 4 is 22.5 Å². The molecular formula is C14H24N4OS. The van der Waals surface area contributed by atoms with Crippen LogP contribution in [0.15, 0.2) is 11.6 Å². The molecule has 1 aromatic heterocycles. The van der Waals surface area contributed by atoms with Gasteiger partial charge in [0.2, 0.25) is 0 Å². The topological polar surface area (TPSA) is 48.5 Å². The van der Waals surface area contributed by atoms with Gasteiger partial charge in [-0.3, -0.25) is 0 Å². The van der Waals surface area contributed by atoms with Crippen molar-refractivity contribution in [2.24, 2.45) is 0 Å². The van der Waals surface area contributed by atoms with E-state index in [4.69, 9.17) is 0 Å². The lowest BCUT2D eigenvalue weighted by molar-refractivity contribution is 0.194. The number of urea groups is 1. The van der Waals surface area contributed by atoms with Crippen LogP contribution < -0.4 is 10.2 Å². The molecule has 1 N–H and O–H groups in total. The maximum absolute atomic E-state index is 12.0. The normalized spacial score (nSPS) is 15.4. The summed E-state index contributed by atoms with van der Waals surface area (Å²) in [5, 5.41) is 6.07. The SMILES string of the molecule is CCCCCCNC(=O)N1CCN(c2nccs2)CC1.